The molecule has 0 saturated heterocycles. The summed E-state index contributed by atoms with van der Waals surface area (Å²) in [5.74, 6) is -13.3. The van der Waals surface area contributed by atoms with Crippen molar-refractivity contribution in [2.45, 2.75) is 45.4 Å². The number of benzene rings is 3. The summed E-state index contributed by atoms with van der Waals surface area (Å²) >= 11 is 0. The topological polar surface area (TPSA) is 35.5 Å². The van der Waals surface area contributed by atoms with Crippen molar-refractivity contribution >= 4 is 5.97 Å². The lowest BCUT2D eigenvalue weighted by molar-refractivity contribution is 0.0716. The van der Waals surface area contributed by atoms with Gasteiger partial charge in [0.05, 0.1) is 12.2 Å². The molecule has 0 radical (unpaired) electrons. The summed E-state index contributed by atoms with van der Waals surface area (Å²) < 4.78 is 77.5. The van der Waals surface area contributed by atoms with E-state index in [1.54, 1.807) is 12.1 Å². The predicted octanol–water partition coefficient (Wildman–Crippen LogP) is 8.01. The van der Waals surface area contributed by atoms with Crippen LogP contribution >= 0.6 is 0 Å². The number of esters is 1. The van der Waals surface area contributed by atoms with Gasteiger partial charge in [-0.05, 0) is 41.8 Å². The minimum atomic E-state index is -2.33. The molecule has 8 heteroatoms. The molecule has 0 N–H and O–H groups in total. The summed E-state index contributed by atoms with van der Waals surface area (Å²) in [7, 11) is 0. The smallest absolute Gasteiger partial charge is 0.343 e. The van der Waals surface area contributed by atoms with Crippen molar-refractivity contribution in [1.82, 2.24) is 0 Å². The Balaban J connectivity index is 1.59. The van der Waals surface area contributed by atoms with Crippen LogP contribution in [0, 0.1) is 29.1 Å². The Bertz CT molecular complexity index is 1120. The summed E-state index contributed by atoms with van der Waals surface area (Å²) in [5, 5.41) is 0. The third kappa shape index (κ3) is 6.59. The highest BCUT2D eigenvalue weighted by molar-refractivity contribution is 5.91. The van der Waals surface area contributed by atoms with Gasteiger partial charge in [-0.2, -0.15) is 8.78 Å². The molecule has 0 saturated carbocycles. The van der Waals surface area contributed by atoms with Crippen LogP contribution in [0.5, 0.6) is 11.5 Å². The zero-order chi connectivity index (χ0) is 25.4. The second-order valence-electron chi connectivity index (χ2n) is 8.01. The maximum Gasteiger partial charge on any atom is 0.343 e. The SMILES string of the molecule is CCCCCCCCOc1ccc(-c2ccc(C(=O)Oc3c(F)c(F)c(F)c(F)c3F)cc2)cc1. The Kier molecular flexibility index (Phi) is 9.23. The van der Waals surface area contributed by atoms with Crippen LogP contribution in [0.3, 0.4) is 0 Å². The van der Waals surface area contributed by atoms with Crippen LogP contribution in [-0.4, -0.2) is 12.6 Å². The van der Waals surface area contributed by atoms with E-state index in [4.69, 9.17) is 4.74 Å². The van der Waals surface area contributed by atoms with E-state index >= 15 is 0 Å². The van der Waals surface area contributed by atoms with Crippen molar-refractivity contribution in [2.75, 3.05) is 6.61 Å². The Morgan fingerprint density at radius 2 is 1.14 bits per heavy atom. The highest BCUT2D eigenvalue weighted by Crippen LogP contribution is 2.30. The van der Waals surface area contributed by atoms with Crippen LogP contribution < -0.4 is 9.47 Å². The standard InChI is InChI=1S/C27H25F5O3/c1-2-3-4-5-6-7-16-34-20-14-12-18(13-15-20)17-8-10-19(11-9-17)27(33)35-26-24(31)22(29)21(28)23(30)25(26)32/h8-15H,2-7,16H2,1H3. The molecule has 35 heavy (non-hydrogen) atoms. The van der Waals surface area contributed by atoms with Gasteiger partial charge < -0.3 is 9.47 Å². The molecule has 0 spiro atoms. The van der Waals surface area contributed by atoms with Gasteiger partial charge >= 0.3 is 5.97 Å². The van der Waals surface area contributed by atoms with Gasteiger partial charge in [-0.3, -0.25) is 0 Å². The average molecular weight is 492 g/mol. The van der Waals surface area contributed by atoms with Gasteiger partial charge in [0.1, 0.15) is 5.75 Å². The van der Waals surface area contributed by atoms with Crippen molar-refractivity contribution in [1.29, 1.82) is 0 Å². The number of rotatable bonds is 11. The molecular formula is C27H25F5O3. The number of carbonyl (C=O) groups excluding carboxylic acids is 1. The monoisotopic (exact) mass is 492 g/mol. The largest absolute Gasteiger partial charge is 0.494 e. The van der Waals surface area contributed by atoms with Crippen LogP contribution in [0.2, 0.25) is 0 Å². The molecule has 0 aromatic heterocycles. The van der Waals surface area contributed by atoms with Gasteiger partial charge in [0.15, 0.2) is 0 Å². The van der Waals surface area contributed by atoms with Crippen LogP contribution in [-0.2, 0) is 0 Å². The number of carbonyl (C=O) groups is 1. The highest BCUT2D eigenvalue weighted by Gasteiger charge is 2.28. The second kappa shape index (κ2) is 12.3. The molecule has 0 aliphatic heterocycles. The van der Waals surface area contributed by atoms with E-state index in [-0.39, 0.29) is 5.56 Å². The quantitative estimate of drug-likeness (QED) is 0.0679. The van der Waals surface area contributed by atoms with Crippen LogP contribution in [0.1, 0.15) is 55.8 Å². The molecule has 186 valence electrons. The van der Waals surface area contributed by atoms with Crippen molar-refractivity contribution in [2.24, 2.45) is 0 Å². The van der Waals surface area contributed by atoms with E-state index in [0.717, 1.165) is 29.7 Å². The summed E-state index contributed by atoms with van der Waals surface area (Å²) in [4.78, 5) is 12.2. The molecule has 3 aromatic rings. The molecule has 3 aromatic carbocycles. The molecule has 0 unspecified atom stereocenters. The number of hydrogen-bond donors (Lipinski definition) is 0. The first kappa shape index (κ1) is 26.2. The summed E-state index contributed by atoms with van der Waals surface area (Å²) in [6, 6.07) is 13.1. The van der Waals surface area contributed by atoms with Gasteiger partial charge in [0.2, 0.25) is 34.8 Å². The molecule has 0 aliphatic carbocycles. The normalized spacial score (nSPS) is 10.9. The van der Waals surface area contributed by atoms with Crippen molar-refractivity contribution in [3.63, 3.8) is 0 Å². The van der Waals surface area contributed by atoms with Gasteiger partial charge in [-0.1, -0.05) is 63.3 Å². The van der Waals surface area contributed by atoms with E-state index in [1.807, 2.05) is 24.3 Å². The number of hydrogen-bond acceptors (Lipinski definition) is 3. The van der Waals surface area contributed by atoms with E-state index in [0.29, 0.717) is 6.61 Å². The van der Waals surface area contributed by atoms with Crippen LogP contribution in [0.4, 0.5) is 22.0 Å². The first-order valence-corrected chi connectivity index (χ1v) is 11.4. The summed E-state index contributed by atoms with van der Waals surface area (Å²) in [6.07, 6.45) is 7.06. The molecule has 0 bridgehead atoms. The van der Waals surface area contributed by atoms with Crippen LogP contribution in [0.25, 0.3) is 11.1 Å². The Morgan fingerprint density at radius 3 is 1.71 bits per heavy atom. The third-order valence-electron chi connectivity index (χ3n) is 5.44. The lowest BCUT2D eigenvalue weighted by Crippen LogP contribution is -2.13. The Hall–Kier alpha value is -3.42. The third-order valence-corrected chi connectivity index (χ3v) is 5.44. The minimum Gasteiger partial charge on any atom is -0.494 e. The van der Waals surface area contributed by atoms with E-state index in [1.165, 1.54) is 37.8 Å². The van der Waals surface area contributed by atoms with E-state index < -0.39 is 40.8 Å². The molecule has 3 nitrogen and oxygen atoms in total. The second-order valence-corrected chi connectivity index (χ2v) is 8.01. The maximum absolute atomic E-state index is 13.7. The lowest BCUT2D eigenvalue weighted by Gasteiger charge is -2.10. The number of unbranched alkanes of at least 4 members (excludes halogenated alkanes) is 5. The highest BCUT2D eigenvalue weighted by atomic mass is 19.2. The lowest BCUT2D eigenvalue weighted by atomic mass is 10.0. The average Bonchev–Trinajstić information content (AvgIpc) is 2.88. The summed E-state index contributed by atoms with van der Waals surface area (Å²) in [5.41, 5.74) is 1.44. The van der Waals surface area contributed by atoms with E-state index in [2.05, 4.69) is 11.7 Å². The zero-order valence-corrected chi connectivity index (χ0v) is 19.2. The van der Waals surface area contributed by atoms with Crippen molar-refractivity contribution in [3.8, 4) is 22.6 Å². The van der Waals surface area contributed by atoms with Gasteiger partial charge in [-0.25, -0.2) is 18.0 Å². The fourth-order valence-corrected chi connectivity index (χ4v) is 3.44. The number of halogens is 5. The molecule has 0 fully saturated rings. The summed E-state index contributed by atoms with van der Waals surface area (Å²) in [6.45, 7) is 2.83. The first-order chi connectivity index (χ1) is 16.8. The minimum absolute atomic E-state index is 0.128. The molecule has 0 heterocycles. The Morgan fingerprint density at radius 1 is 0.657 bits per heavy atom. The fourth-order valence-electron chi connectivity index (χ4n) is 3.44. The van der Waals surface area contributed by atoms with Gasteiger partial charge in [0, 0.05) is 0 Å². The molecule has 0 aliphatic rings. The van der Waals surface area contributed by atoms with E-state index in [9.17, 15) is 26.7 Å². The van der Waals surface area contributed by atoms with Crippen molar-refractivity contribution < 1.29 is 36.2 Å². The zero-order valence-electron chi connectivity index (χ0n) is 19.2. The van der Waals surface area contributed by atoms with Crippen molar-refractivity contribution in [3.05, 3.63) is 83.2 Å². The molecular weight excluding hydrogens is 467 g/mol. The van der Waals surface area contributed by atoms with Crippen LogP contribution in [0.15, 0.2) is 48.5 Å². The predicted molar refractivity (Wildman–Crippen MR) is 122 cm³/mol. The fraction of sp³-hybridized carbons (Fsp3) is 0.296. The molecule has 0 atom stereocenters. The van der Waals surface area contributed by atoms with Gasteiger partial charge in [-0.15, -0.1) is 0 Å². The number of ether oxygens (including phenoxy) is 2. The van der Waals surface area contributed by atoms with Gasteiger partial charge in [0.25, 0.3) is 0 Å². The first-order valence-electron chi connectivity index (χ1n) is 11.4. The Labute approximate surface area is 200 Å². The molecule has 0 amide bonds. The molecule has 3 rings (SSSR count). The maximum atomic E-state index is 13.7.